The molecule has 1 aromatic rings. The molecule has 0 spiro atoms. The van der Waals surface area contributed by atoms with E-state index in [1.54, 1.807) is 18.2 Å². The Labute approximate surface area is 110 Å². The lowest BCUT2D eigenvalue weighted by atomic mass is 10.1. The van der Waals surface area contributed by atoms with E-state index in [0.29, 0.717) is 16.4 Å². The number of halogens is 1. The number of fused-ring (bicyclic) bond motifs is 1. The molecule has 2 amide bonds. The predicted octanol–water partition coefficient (Wildman–Crippen LogP) is 2.07. The van der Waals surface area contributed by atoms with E-state index >= 15 is 0 Å². The number of anilines is 2. The van der Waals surface area contributed by atoms with Crippen LogP contribution in [0.2, 0.25) is 5.02 Å². The minimum absolute atomic E-state index is 0.151. The first-order valence-electron chi connectivity index (χ1n) is 5.78. The second kappa shape index (κ2) is 3.26. The summed E-state index contributed by atoms with van der Waals surface area (Å²) in [6.45, 7) is 3.89. The van der Waals surface area contributed by atoms with Gasteiger partial charge in [0, 0.05) is 5.69 Å². The van der Waals surface area contributed by atoms with Gasteiger partial charge in [-0.05, 0) is 23.6 Å². The van der Waals surface area contributed by atoms with Crippen LogP contribution < -0.4 is 10.6 Å². The van der Waals surface area contributed by atoms with E-state index in [1.165, 1.54) is 4.90 Å². The average molecular weight is 265 g/mol. The molecule has 94 valence electrons. The van der Waals surface area contributed by atoms with Gasteiger partial charge in [0.25, 0.3) is 0 Å². The lowest BCUT2D eigenvalue weighted by Crippen LogP contribution is -2.36. The normalized spacial score (nSPS) is 28.5. The van der Waals surface area contributed by atoms with E-state index in [4.69, 9.17) is 17.3 Å². The van der Waals surface area contributed by atoms with Crippen molar-refractivity contribution in [2.45, 2.75) is 13.8 Å². The van der Waals surface area contributed by atoms with E-state index in [-0.39, 0.29) is 29.1 Å². The van der Waals surface area contributed by atoms with E-state index in [2.05, 4.69) is 0 Å². The average Bonchev–Trinajstić information content (AvgIpc) is 2.72. The van der Waals surface area contributed by atoms with Crippen LogP contribution in [0, 0.1) is 17.3 Å². The zero-order valence-electron chi connectivity index (χ0n) is 10.1. The van der Waals surface area contributed by atoms with Crippen LogP contribution in [0.25, 0.3) is 0 Å². The fourth-order valence-electron chi connectivity index (χ4n) is 2.89. The Bertz CT molecular complexity index is 558. The number of piperidine rings is 1. The van der Waals surface area contributed by atoms with Crippen molar-refractivity contribution in [3.8, 4) is 0 Å². The number of hydrogen-bond acceptors (Lipinski definition) is 3. The molecule has 1 aliphatic carbocycles. The molecule has 2 unspecified atom stereocenters. The molecule has 1 saturated heterocycles. The van der Waals surface area contributed by atoms with Gasteiger partial charge in [0.15, 0.2) is 0 Å². The number of nitrogens with zero attached hydrogens (tertiary/aromatic N) is 1. The molecular formula is C13H13ClN2O2. The maximum Gasteiger partial charge on any atom is 0.238 e. The van der Waals surface area contributed by atoms with Crippen LogP contribution >= 0.6 is 11.6 Å². The van der Waals surface area contributed by atoms with Crippen LogP contribution in [0.5, 0.6) is 0 Å². The molecule has 18 heavy (non-hydrogen) atoms. The summed E-state index contributed by atoms with van der Waals surface area (Å²) in [6.07, 6.45) is 0. The largest absolute Gasteiger partial charge is 0.399 e. The second-order valence-electron chi connectivity index (χ2n) is 5.50. The Morgan fingerprint density at radius 1 is 1.22 bits per heavy atom. The van der Waals surface area contributed by atoms with E-state index in [1.807, 2.05) is 13.8 Å². The van der Waals surface area contributed by atoms with Gasteiger partial charge in [-0.1, -0.05) is 25.4 Å². The van der Waals surface area contributed by atoms with Crippen LogP contribution in [0.15, 0.2) is 18.2 Å². The third-order valence-electron chi connectivity index (χ3n) is 4.01. The molecule has 1 aliphatic heterocycles. The molecule has 2 N–H and O–H groups in total. The maximum absolute atomic E-state index is 12.2. The summed E-state index contributed by atoms with van der Waals surface area (Å²) in [6, 6.07) is 4.80. The van der Waals surface area contributed by atoms with Crippen LogP contribution in [-0.2, 0) is 9.59 Å². The van der Waals surface area contributed by atoms with E-state index in [9.17, 15) is 9.59 Å². The van der Waals surface area contributed by atoms with Crippen molar-refractivity contribution < 1.29 is 9.59 Å². The molecule has 5 heteroatoms. The minimum Gasteiger partial charge on any atom is -0.399 e. The Balaban J connectivity index is 2.01. The first kappa shape index (κ1) is 11.5. The molecule has 2 aliphatic rings. The van der Waals surface area contributed by atoms with Crippen molar-refractivity contribution >= 4 is 34.8 Å². The van der Waals surface area contributed by atoms with Crippen LogP contribution in [0.3, 0.4) is 0 Å². The molecule has 3 rings (SSSR count). The quantitative estimate of drug-likeness (QED) is 0.624. The molecule has 4 nitrogen and oxygen atoms in total. The summed E-state index contributed by atoms with van der Waals surface area (Å²) in [5.74, 6) is -0.694. The highest BCUT2D eigenvalue weighted by Crippen LogP contribution is 2.63. The van der Waals surface area contributed by atoms with Gasteiger partial charge in [0.1, 0.15) is 0 Å². The predicted molar refractivity (Wildman–Crippen MR) is 69.1 cm³/mol. The van der Waals surface area contributed by atoms with Crippen molar-refractivity contribution in [1.82, 2.24) is 0 Å². The Morgan fingerprint density at radius 3 is 2.28 bits per heavy atom. The van der Waals surface area contributed by atoms with Gasteiger partial charge in [-0.2, -0.15) is 0 Å². The number of nitrogen functional groups attached to an aromatic ring is 1. The topological polar surface area (TPSA) is 63.4 Å². The molecule has 1 aromatic carbocycles. The van der Waals surface area contributed by atoms with Crippen molar-refractivity contribution in [2.75, 3.05) is 10.6 Å². The number of nitrogens with two attached hydrogens (primary N) is 1. The standard InChI is InChI=1S/C13H13ClN2O2/c1-13(2)9-10(13)12(18)16(11(9)17)8-4-3-6(15)5-7(8)14/h3-5,9-10H,15H2,1-2H3. The van der Waals surface area contributed by atoms with Gasteiger partial charge in [-0.15, -0.1) is 0 Å². The zero-order chi connectivity index (χ0) is 13.2. The Hall–Kier alpha value is -1.55. The number of amides is 2. The number of carbonyl (C=O) groups excluding carboxylic acids is 2. The fourth-order valence-corrected chi connectivity index (χ4v) is 3.16. The second-order valence-corrected chi connectivity index (χ2v) is 5.91. The Morgan fingerprint density at radius 2 is 1.78 bits per heavy atom. The van der Waals surface area contributed by atoms with Crippen LogP contribution in [0.1, 0.15) is 13.8 Å². The van der Waals surface area contributed by atoms with Gasteiger partial charge in [0.05, 0.1) is 22.5 Å². The molecule has 1 heterocycles. The molecule has 0 radical (unpaired) electrons. The van der Waals surface area contributed by atoms with Crippen LogP contribution in [-0.4, -0.2) is 11.8 Å². The first-order valence-corrected chi connectivity index (χ1v) is 6.16. The lowest BCUT2D eigenvalue weighted by molar-refractivity contribution is -0.125. The van der Waals surface area contributed by atoms with Crippen molar-refractivity contribution in [2.24, 2.45) is 17.3 Å². The van der Waals surface area contributed by atoms with E-state index < -0.39 is 0 Å². The van der Waals surface area contributed by atoms with Gasteiger partial charge in [-0.3, -0.25) is 9.59 Å². The summed E-state index contributed by atoms with van der Waals surface area (Å²) in [4.78, 5) is 25.6. The third-order valence-corrected chi connectivity index (χ3v) is 4.32. The molecule has 0 aromatic heterocycles. The summed E-state index contributed by atoms with van der Waals surface area (Å²) >= 11 is 6.05. The maximum atomic E-state index is 12.2. The minimum atomic E-state index is -0.203. The fraction of sp³-hybridized carbons (Fsp3) is 0.385. The summed E-state index contributed by atoms with van der Waals surface area (Å²) in [7, 11) is 0. The smallest absolute Gasteiger partial charge is 0.238 e. The highest BCUT2D eigenvalue weighted by molar-refractivity contribution is 6.37. The number of benzene rings is 1. The third kappa shape index (κ3) is 1.27. The zero-order valence-corrected chi connectivity index (χ0v) is 10.9. The molecular weight excluding hydrogens is 252 g/mol. The van der Waals surface area contributed by atoms with Gasteiger partial charge in [0.2, 0.25) is 11.8 Å². The van der Waals surface area contributed by atoms with Gasteiger partial charge >= 0.3 is 0 Å². The summed E-state index contributed by atoms with van der Waals surface area (Å²) in [5.41, 5.74) is 6.34. The van der Waals surface area contributed by atoms with Crippen molar-refractivity contribution in [3.63, 3.8) is 0 Å². The lowest BCUT2D eigenvalue weighted by Gasteiger charge is -2.21. The van der Waals surface area contributed by atoms with Crippen molar-refractivity contribution in [1.29, 1.82) is 0 Å². The highest BCUT2D eigenvalue weighted by Gasteiger charge is 2.72. The number of rotatable bonds is 1. The van der Waals surface area contributed by atoms with Gasteiger partial charge < -0.3 is 5.73 Å². The number of carbonyl (C=O) groups is 2. The van der Waals surface area contributed by atoms with Crippen LogP contribution in [0.4, 0.5) is 11.4 Å². The number of hydrogen-bond donors (Lipinski definition) is 1. The monoisotopic (exact) mass is 264 g/mol. The first-order chi connectivity index (χ1) is 8.35. The highest BCUT2D eigenvalue weighted by atomic mass is 35.5. The molecule has 0 bridgehead atoms. The van der Waals surface area contributed by atoms with Crippen molar-refractivity contribution in [3.05, 3.63) is 23.2 Å². The molecule has 1 saturated carbocycles. The molecule has 2 atom stereocenters. The Kier molecular flexibility index (Phi) is 2.09. The molecule has 2 fully saturated rings. The summed E-state index contributed by atoms with van der Waals surface area (Å²) in [5, 5.41) is 0.329. The SMILES string of the molecule is CC1(C)C2C(=O)N(c3ccc(N)cc3Cl)C(=O)C21. The number of imide groups is 1. The summed E-state index contributed by atoms with van der Waals surface area (Å²) < 4.78 is 0. The van der Waals surface area contributed by atoms with E-state index in [0.717, 1.165) is 0 Å². The van der Waals surface area contributed by atoms with Gasteiger partial charge in [-0.25, -0.2) is 4.90 Å².